The van der Waals surface area contributed by atoms with Gasteiger partial charge in [0.1, 0.15) is 12.2 Å². The van der Waals surface area contributed by atoms with Crippen molar-refractivity contribution in [2.75, 3.05) is 6.61 Å². The molecule has 57 heavy (non-hydrogen) atoms. The largest absolute Gasteiger partial charge is 0.394 e. The van der Waals surface area contributed by atoms with Crippen molar-refractivity contribution in [2.45, 2.75) is 276 Å². The van der Waals surface area contributed by atoms with Gasteiger partial charge in [-0.2, -0.15) is 0 Å². The van der Waals surface area contributed by atoms with Crippen molar-refractivity contribution in [3.8, 4) is 0 Å². The van der Waals surface area contributed by atoms with Crippen LogP contribution in [0.4, 0.5) is 0 Å². The third-order valence-electron chi connectivity index (χ3n) is 11.6. The van der Waals surface area contributed by atoms with Gasteiger partial charge in [-0.3, -0.25) is 4.79 Å². The Kier molecular flexibility index (Phi) is 44.4. The van der Waals surface area contributed by atoms with Crippen molar-refractivity contribution in [1.29, 1.82) is 0 Å². The zero-order chi connectivity index (χ0) is 41.7. The van der Waals surface area contributed by atoms with Gasteiger partial charge in [0.15, 0.2) is 0 Å². The number of rotatable bonds is 45. The minimum absolute atomic E-state index is 0.361. The van der Waals surface area contributed by atoms with Crippen molar-refractivity contribution >= 4 is 5.91 Å². The Morgan fingerprint density at radius 3 is 1.11 bits per heavy atom. The Morgan fingerprint density at radius 1 is 0.421 bits per heavy atom. The number of nitrogens with one attached hydrogen (secondary N) is 1. The van der Waals surface area contributed by atoms with Gasteiger partial charge in [0.25, 0.3) is 0 Å². The van der Waals surface area contributed by atoms with Crippen molar-refractivity contribution in [2.24, 2.45) is 0 Å². The van der Waals surface area contributed by atoms with E-state index >= 15 is 0 Å². The van der Waals surface area contributed by atoms with Crippen LogP contribution in [0.3, 0.4) is 0 Å². The molecule has 0 saturated heterocycles. The van der Waals surface area contributed by atoms with Gasteiger partial charge in [-0.1, -0.05) is 224 Å². The maximum absolute atomic E-state index is 12.5. The van der Waals surface area contributed by atoms with Crippen LogP contribution >= 0.6 is 0 Å². The van der Waals surface area contributed by atoms with E-state index in [2.05, 4.69) is 55.6 Å². The fourth-order valence-corrected chi connectivity index (χ4v) is 7.61. The molecular weight excluding hydrogens is 707 g/mol. The number of allylic oxidation sites excluding steroid dienone is 6. The first-order valence-electron chi connectivity index (χ1n) is 24.9. The fraction of sp³-hybridized carbons (Fsp3) is 0.863. The third kappa shape index (κ3) is 39.7. The number of aliphatic hydroxyl groups is 4. The fourth-order valence-electron chi connectivity index (χ4n) is 7.61. The first kappa shape index (κ1) is 55.5. The van der Waals surface area contributed by atoms with E-state index in [1.807, 2.05) is 0 Å². The summed E-state index contributed by atoms with van der Waals surface area (Å²) in [4.78, 5) is 12.5. The third-order valence-corrected chi connectivity index (χ3v) is 11.6. The number of aliphatic hydroxyl groups excluding tert-OH is 4. The predicted molar refractivity (Wildman–Crippen MR) is 247 cm³/mol. The Bertz CT molecular complexity index is 904. The summed E-state index contributed by atoms with van der Waals surface area (Å²) in [6.45, 7) is 4.05. The van der Waals surface area contributed by atoms with Gasteiger partial charge >= 0.3 is 0 Å². The lowest BCUT2D eigenvalue weighted by molar-refractivity contribution is -0.132. The van der Waals surface area contributed by atoms with Crippen LogP contribution < -0.4 is 5.32 Å². The first-order chi connectivity index (χ1) is 28.0. The highest BCUT2D eigenvalue weighted by molar-refractivity contribution is 5.80. The molecule has 0 aliphatic heterocycles. The van der Waals surface area contributed by atoms with Crippen LogP contribution in [0, 0.1) is 0 Å². The first-order valence-corrected chi connectivity index (χ1v) is 24.9. The van der Waals surface area contributed by atoms with Crippen LogP contribution in [0.25, 0.3) is 0 Å². The van der Waals surface area contributed by atoms with Gasteiger partial charge in [-0.25, -0.2) is 0 Å². The topological polar surface area (TPSA) is 110 Å². The molecule has 0 radical (unpaired) electrons. The maximum Gasteiger partial charge on any atom is 0.249 e. The second kappa shape index (κ2) is 45.6. The van der Waals surface area contributed by atoms with Crippen LogP contribution in [0.5, 0.6) is 0 Å². The molecule has 5 N–H and O–H groups in total. The molecule has 0 aromatic heterocycles. The van der Waals surface area contributed by atoms with E-state index in [-0.39, 0.29) is 0 Å². The van der Waals surface area contributed by atoms with Crippen LogP contribution in [-0.2, 0) is 4.79 Å². The number of amides is 1. The lowest BCUT2D eigenvalue weighted by atomic mass is 10.00. The van der Waals surface area contributed by atoms with Gasteiger partial charge in [0.2, 0.25) is 5.91 Å². The van der Waals surface area contributed by atoms with E-state index in [1.165, 1.54) is 167 Å². The van der Waals surface area contributed by atoms with Crippen molar-refractivity contribution in [3.63, 3.8) is 0 Å². The Balaban J connectivity index is 3.75. The Hall–Kier alpha value is -1.47. The predicted octanol–water partition coefficient (Wildman–Crippen LogP) is 13.7. The highest BCUT2D eigenvalue weighted by atomic mass is 16.3. The summed E-state index contributed by atoms with van der Waals surface area (Å²) < 4.78 is 0. The molecule has 4 unspecified atom stereocenters. The minimum Gasteiger partial charge on any atom is -0.394 e. The monoisotopic (exact) mass is 804 g/mol. The summed E-state index contributed by atoms with van der Waals surface area (Å²) >= 11 is 0. The van der Waals surface area contributed by atoms with E-state index in [0.717, 1.165) is 51.4 Å². The SMILES string of the molecule is CCCCCCCCCCCCCCC/C=C/CC/C=C/CC/C=C/CCCC(O)C(O)C(CO)NC(=O)C(O)CCCCCCCCCCCCCCCCC. The summed E-state index contributed by atoms with van der Waals surface area (Å²) in [6.07, 6.45) is 54.8. The highest BCUT2D eigenvalue weighted by Gasteiger charge is 2.28. The quantitative estimate of drug-likeness (QED) is 0.0311. The molecule has 0 rings (SSSR count). The molecule has 0 heterocycles. The highest BCUT2D eigenvalue weighted by Crippen LogP contribution is 2.16. The molecule has 0 aliphatic rings. The molecule has 0 bridgehead atoms. The Labute approximate surface area is 354 Å². The van der Waals surface area contributed by atoms with Crippen LogP contribution in [-0.4, -0.2) is 57.3 Å². The lowest BCUT2D eigenvalue weighted by Gasteiger charge is -2.27. The zero-order valence-corrected chi connectivity index (χ0v) is 37.8. The summed E-state index contributed by atoms with van der Waals surface area (Å²) in [5, 5.41) is 43.7. The van der Waals surface area contributed by atoms with E-state index in [0.29, 0.717) is 19.3 Å². The van der Waals surface area contributed by atoms with Crippen LogP contribution in [0.1, 0.15) is 251 Å². The van der Waals surface area contributed by atoms with Gasteiger partial charge in [-0.05, 0) is 64.2 Å². The summed E-state index contributed by atoms with van der Waals surface area (Å²) in [5.74, 6) is -0.598. The van der Waals surface area contributed by atoms with Gasteiger partial charge < -0.3 is 25.7 Å². The van der Waals surface area contributed by atoms with E-state index in [1.54, 1.807) is 0 Å². The number of unbranched alkanes of at least 4 members (excludes halogenated alkanes) is 30. The zero-order valence-electron chi connectivity index (χ0n) is 37.8. The number of hydrogen-bond acceptors (Lipinski definition) is 5. The lowest BCUT2D eigenvalue weighted by Crippen LogP contribution is -2.53. The van der Waals surface area contributed by atoms with Gasteiger partial charge in [-0.15, -0.1) is 0 Å². The van der Waals surface area contributed by atoms with Gasteiger partial charge in [0.05, 0.1) is 18.8 Å². The normalized spacial score (nSPS) is 14.3. The average molecular weight is 804 g/mol. The van der Waals surface area contributed by atoms with Crippen LogP contribution in [0.15, 0.2) is 36.5 Å². The van der Waals surface area contributed by atoms with E-state index in [4.69, 9.17) is 0 Å². The second-order valence-corrected chi connectivity index (χ2v) is 17.1. The van der Waals surface area contributed by atoms with Crippen molar-refractivity contribution in [3.05, 3.63) is 36.5 Å². The molecule has 6 nitrogen and oxygen atoms in total. The molecule has 0 saturated carbocycles. The number of hydrogen-bond donors (Lipinski definition) is 5. The molecule has 0 aromatic rings. The van der Waals surface area contributed by atoms with Crippen LogP contribution in [0.2, 0.25) is 0 Å². The molecule has 1 amide bonds. The molecular formula is C51H97NO5. The summed E-state index contributed by atoms with van der Waals surface area (Å²) in [5.41, 5.74) is 0. The minimum atomic E-state index is -1.29. The van der Waals surface area contributed by atoms with Gasteiger partial charge in [0, 0.05) is 0 Å². The van der Waals surface area contributed by atoms with Crippen molar-refractivity contribution < 1.29 is 25.2 Å². The molecule has 0 fully saturated rings. The molecule has 0 spiro atoms. The smallest absolute Gasteiger partial charge is 0.249 e. The van der Waals surface area contributed by atoms with E-state index in [9.17, 15) is 25.2 Å². The summed E-state index contributed by atoms with van der Waals surface area (Å²) in [7, 11) is 0. The number of carbonyl (C=O) groups excluding carboxylic acids is 1. The average Bonchev–Trinajstić information content (AvgIpc) is 3.22. The maximum atomic E-state index is 12.5. The standard InChI is InChI=1S/C51H97NO5/c1-3-5-7-9-11-13-15-17-19-20-21-22-23-24-25-26-27-28-29-31-32-34-36-38-40-42-44-48(54)50(56)47(46-53)52-51(57)49(55)45-43-41-39-37-35-33-30-18-16-14-12-10-8-6-4-2/h25-26,29,31,36,38,47-50,53-56H,3-24,27-28,30,32-35,37,39-46H2,1-2H3,(H,52,57)/b26-25+,31-29+,38-36+. The van der Waals surface area contributed by atoms with E-state index < -0.39 is 36.9 Å². The molecule has 6 heteroatoms. The molecule has 0 aromatic carbocycles. The molecule has 4 atom stereocenters. The molecule has 336 valence electrons. The van der Waals surface area contributed by atoms with Crippen molar-refractivity contribution in [1.82, 2.24) is 5.32 Å². The summed E-state index contributed by atoms with van der Waals surface area (Å²) in [6, 6.07) is -1.01. The second-order valence-electron chi connectivity index (χ2n) is 17.1. The Morgan fingerprint density at radius 2 is 0.737 bits per heavy atom. The molecule has 0 aliphatic carbocycles. The number of carbonyl (C=O) groups is 1.